The van der Waals surface area contributed by atoms with E-state index in [4.69, 9.17) is 0 Å². The number of carbonyl (C=O) groups excluding carboxylic acids is 3. The number of hydrogen-bond acceptors (Lipinski definition) is 3. The molecule has 2 atom stereocenters. The van der Waals surface area contributed by atoms with Gasteiger partial charge in [0.2, 0.25) is 0 Å². The van der Waals surface area contributed by atoms with Crippen LogP contribution < -0.4 is 0 Å². The first-order valence-electron chi connectivity index (χ1n) is 8.06. The third kappa shape index (κ3) is 3.85. The van der Waals surface area contributed by atoms with E-state index in [0.717, 1.165) is 11.1 Å². The summed E-state index contributed by atoms with van der Waals surface area (Å²) in [5.74, 6) is -0.602. The van der Waals surface area contributed by atoms with Gasteiger partial charge in [-0.05, 0) is 37.1 Å². The first kappa shape index (κ1) is 17.8. The van der Waals surface area contributed by atoms with Gasteiger partial charge in [0.1, 0.15) is 5.78 Å². The number of hydrogen-bond donors (Lipinski definition) is 0. The Kier molecular flexibility index (Phi) is 5.45. The Labute approximate surface area is 142 Å². The topological polar surface area (TPSA) is 51.2 Å². The predicted molar refractivity (Wildman–Crippen MR) is 94.7 cm³/mol. The maximum absolute atomic E-state index is 12.8. The van der Waals surface area contributed by atoms with Gasteiger partial charge in [-0.3, -0.25) is 14.4 Å². The van der Waals surface area contributed by atoms with E-state index < -0.39 is 0 Å². The normalized spacial score (nSPS) is 13.2. The van der Waals surface area contributed by atoms with Crippen LogP contribution in [0.25, 0.3) is 0 Å². The highest BCUT2D eigenvalue weighted by atomic mass is 16.1. The lowest BCUT2D eigenvalue weighted by molar-refractivity contribution is -0.121. The summed E-state index contributed by atoms with van der Waals surface area (Å²) in [6.45, 7) is 6.74. The number of Topliss-reactive ketones (excluding diaryl/α,β-unsaturated/α-hetero) is 3. The van der Waals surface area contributed by atoms with Gasteiger partial charge in [-0.15, -0.1) is 0 Å². The highest BCUT2D eigenvalue weighted by Gasteiger charge is 2.23. The van der Waals surface area contributed by atoms with Crippen molar-refractivity contribution in [2.75, 3.05) is 0 Å². The molecule has 0 aliphatic carbocycles. The second kappa shape index (κ2) is 7.35. The smallest absolute Gasteiger partial charge is 0.159 e. The molecule has 3 nitrogen and oxygen atoms in total. The van der Waals surface area contributed by atoms with Gasteiger partial charge in [-0.1, -0.05) is 50.2 Å². The third-order valence-corrected chi connectivity index (χ3v) is 4.44. The molecule has 3 heteroatoms. The van der Waals surface area contributed by atoms with Crippen molar-refractivity contribution >= 4 is 17.3 Å². The monoisotopic (exact) mass is 322 g/mol. The van der Waals surface area contributed by atoms with Crippen LogP contribution in [0.4, 0.5) is 0 Å². The lowest BCUT2D eigenvalue weighted by Gasteiger charge is -2.18. The van der Waals surface area contributed by atoms with Crippen LogP contribution in [0.2, 0.25) is 0 Å². The summed E-state index contributed by atoms with van der Waals surface area (Å²) in [7, 11) is 0. The minimum Gasteiger partial charge on any atom is -0.298 e. The summed E-state index contributed by atoms with van der Waals surface area (Å²) in [5, 5.41) is 0. The molecule has 0 N–H and O–H groups in total. The van der Waals surface area contributed by atoms with Gasteiger partial charge < -0.3 is 0 Å². The summed E-state index contributed by atoms with van der Waals surface area (Å²) in [4.78, 5) is 35.9. The molecule has 0 spiro atoms. The van der Waals surface area contributed by atoms with Crippen LogP contribution >= 0.6 is 0 Å². The van der Waals surface area contributed by atoms with Crippen molar-refractivity contribution in [2.24, 2.45) is 0 Å². The van der Waals surface area contributed by atoms with Gasteiger partial charge in [0.15, 0.2) is 11.6 Å². The third-order valence-electron chi connectivity index (χ3n) is 4.44. The average molecular weight is 322 g/mol. The molecule has 0 aliphatic rings. The van der Waals surface area contributed by atoms with E-state index in [1.54, 1.807) is 36.4 Å². The van der Waals surface area contributed by atoms with E-state index in [-0.39, 0.29) is 29.2 Å². The molecule has 0 bridgehead atoms. The molecule has 0 saturated carbocycles. The highest BCUT2D eigenvalue weighted by molar-refractivity contribution is 5.96. The van der Waals surface area contributed by atoms with E-state index in [0.29, 0.717) is 11.1 Å². The molecular formula is C21H22O3. The van der Waals surface area contributed by atoms with Crippen LogP contribution in [-0.4, -0.2) is 17.3 Å². The molecule has 2 unspecified atom stereocenters. The van der Waals surface area contributed by atoms with E-state index in [2.05, 4.69) is 0 Å². The van der Waals surface area contributed by atoms with Crippen molar-refractivity contribution in [3.8, 4) is 0 Å². The first-order chi connectivity index (χ1) is 11.3. The minimum atomic E-state index is -0.319. The molecule has 0 aromatic heterocycles. The fraction of sp³-hybridized carbons (Fsp3) is 0.286. The van der Waals surface area contributed by atoms with Crippen LogP contribution in [-0.2, 0) is 4.79 Å². The summed E-state index contributed by atoms with van der Waals surface area (Å²) < 4.78 is 0. The van der Waals surface area contributed by atoms with Crippen molar-refractivity contribution in [2.45, 2.75) is 39.5 Å². The largest absolute Gasteiger partial charge is 0.298 e. The minimum absolute atomic E-state index is 0.0151. The van der Waals surface area contributed by atoms with Crippen LogP contribution in [0, 0.1) is 0 Å². The van der Waals surface area contributed by atoms with Crippen molar-refractivity contribution in [3.63, 3.8) is 0 Å². The molecule has 0 heterocycles. The molecular weight excluding hydrogens is 300 g/mol. The van der Waals surface area contributed by atoms with Crippen molar-refractivity contribution in [3.05, 3.63) is 70.8 Å². The fourth-order valence-electron chi connectivity index (χ4n) is 2.76. The molecule has 0 saturated heterocycles. The zero-order chi connectivity index (χ0) is 17.9. The van der Waals surface area contributed by atoms with Gasteiger partial charge in [0, 0.05) is 23.0 Å². The van der Waals surface area contributed by atoms with Gasteiger partial charge in [0.25, 0.3) is 0 Å². The number of benzene rings is 2. The quantitative estimate of drug-likeness (QED) is 0.732. The molecule has 0 fully saturated rings. The Hall–Kier alpha value is -2.55. The lowest BCUT2D eigenvalue weighted by atomic mass is 9.84. The second-order valence-corrected chi connectivity index (χ2v) is 6.21. The zero-order valence-electron chi connectivity index (χ0n) is 14.5. The van der Waals surface area contributed by atoms with Crippen molar-refractivity contribution < 1.29 is 14.4 Å². The Bertz CT molecular complexity index is 724. The van der Waals surface area contributed by atoms with Crippen LogP contribution in [0.15, 0.2) is 48.5 Å². The Balaban J connectivity index is 2.27. The number of rotatable bonds is 6. The Morgan fingerprint density at radius 1 is 0.708 bits per heavy atom. The molecule has 124 valence electrons. The molecule has 0 radical (unpaired) electrons. The second-order valence-electron chi connectivity index (χ2n) is 6.21. The summed E-state index contributed by atoms with van der Waals surface area (Å²) in [6, 6.07) is 14.4. The SMILES string of the molecule is CC(=O)c1cccc(C(C)C(=O)C(C)c2cccc(C(C)=O)c2)c1. The van der Waals surface area contributed by atoms with E-state index >= 15 is 0 Å². The molecule has 2 rings (SSSR count). The van der Waals surface area contributed by atoms with Gasteiger partial charge >= 0.3 is 0 Å². The Morgan fingerprint density at radius 3 is 1.42 bits per heavy atom. The number of carbonyl (C=O) groups is 3. The lowest BCUT2D eigenvalue weighted by Crippen LogP contribution is -2.17. The summed E-state index contributed by atoms with van der Waals surface area (Å²) >= 11 is 0. The van der Waals surface area contributed by atoms with E-state index in [1.165, 1.54) is 13.8 Å². The van der Waals surface area contributed by atoms with Crippen molar-refractivity contribution in [1.29, 1.82) is 0 Å². The molecule has 2 aromatic rings. The van der Waals surface area contributed by atoms with Crippen LogP contribution in [0.5, 0.6) is 0 Å². The average Bonchev–Trinajstić information content (AvgIpc) is 2.59. The van der Waals surface area contributed by atoms with E-state index in [9.17, 15) is 14.4 Å². The van der Waals surface area contributed by atoms with Crippen molar-refractivity contribution in [1.82, 2.24) is 0 Å². The predicted octanol–water partition coefficient (Wildman–Crippen LogP) is 4.57. The number of ketones is 3. The van der Waals surface area contributed by atoms with Gasteiger partial charge in [-0.25, -0.2) is 0 Å². The van der Waals surface area contributed by atoms with Crippen LogP contribution in [0.1, 0.15) is 71.4 Å². The summed E-state index contributed by atoms with van der Waals surface area (Å²) in [6.07, 6.45) is 0. The van der Waals surface area contributed by atoms with Crippen LogP contribution in [0.3, 0.4) is 0 Å². The zero-order valence-corrected chi connectivity index (χ0v) is 14.5. The maximum atomic E-state index is 12.8. The first-order valence-corrected chi connectivity index (χ1v) is 8.06. The fourth-order valence-corrected chi connectivity index (χ4v) is 2.76. The van der Waals surface area contributed by atoms with E-state index in [1.807, 2.05) is 26.0 Å². The maximum Gasteiger partial charge on any atom is 0.159 e. The Morgan fingerprint density at radius 2 is 1.08 bits per heavy atom. The van der Waals surface area contributed by atoms with Gasteiger partial charge in [0.05, 0.1) is 0 Å². The highest BCUT2D eigenvalue weighted by Crippen LogP contribution is 2.27. The molecule has 0 aliphatic heterocycles. The molecule has 24 heavy (non-hydrogen) atoms. The van der Waals surface area contributed by atoms with Gasteiger partial charge in [-0.2, -0.15) is 0 Å². The molecule has 0 amide bonds. The summed E-state index contributed by atoms with van der Waals surface area (Å²) in [5.41, 5.74) is 2.89. The molecule has 2 aromatic carbocycles. The standard InChI is InChI=1S/C21H22O3/c1-13(17-7-5-9-19(11-17)15(3)22)21(24)14(2)18-8-6-10-20(12-18)16(4)23/h5-14H,1-4H3.